The second-order valence-electron chi connectivity index (χ2n) is 8.91. The van der Waals surface area contributed by atoms with Gasteiger partial charge in [0, 0.05) is 17.1 Å². The van der Waals surface area contributed by atoms with Gasteiger partial charge >= 0.3 is 0 Å². The molecule has 4 aromatic rings. The number of aromatic nitrogens is 2. The van der Waals surface area contributed by atoms with Gasteiger partial charge in [0.15, 0.2) is 5.16 Å². The predicted octanol–water partition coefficient (Wildman–Crippen LogP) is 6.41. The molecule has 0 bridgehead atoms. The van der Waals surface area contributed by atoms with E-state index in [1.54, 1.807) is 27.7 Å². The highest BCUT2D eigenvalue weighted by Crippen LogP contribution is 2.38. The minimum Gasteiger partial charge on any atom is -0.370 e. The fourth-order valence-electron chi connectivity index (χ4n) is 4.14. The van der Waals surface area contributed by atoms with Crippen molar-refractivity contribution < 1.29 is 4.74 Å². The minimum absolute atomic E-state index is 0.00957. The van der Waals surface area contributed by atoms with E-state index < -0.39 is 0 Å². The molecular weight excluding hydrogens is 448 g/mol. The lowest BCUT2D eigenvalue weighted by Crippen LogP contribution is -2.32. The Labute approximate surface area is 202 Å². The molecule has 3 heterocycles. The normalized spacial score (nSPS) is 15.2. The summed E-state index contributed by atoms with van der Waals surface area (Å²) >= 11 is 3.17. The Hall–Kier alpha value is -2.67. The summed E-state index contributed by atoms with van der Waals surface area (Å²) in [6.07, 6.45) is 4.94. The predicted molar refractivity (Wildman–Crippen MR) is 139 cm³/mol. The molecule has 0 saturated carbocycles. The lowest BCUT2D eigenvalue weighted by Gasteiger charge is -2.29. The van der Waals surface area contributed by atoms with Crippen LogP contribution in [0.3, 0.4) is 0 Å². The molecule has 0 atom stereocenters. The zero-order chi connectivity index (χ0) is 23.0. The van der Waals surface area contributed by atoms with Crippen LogP contribution < -0.4 is 5.56 Å². The Morgan fingerprint density at radius 2 is 2.00 bits per heavy atom. The largest absolute Gasteiger partial charge is 0.370 e. The van der Waals surface area contributed by atoms with Gasteiger partial charge in [-0.05, 0) is 49.6 Å². The topological polar surface area (TPSA) is 44.1 Å². The van der Waals surface area contributed by atoms with Gasteiger partial charge in [0.1, 0.15) is 4.83 Å². The van der Waals surface area contributed by atoms with E-state index in [1.165, 1.54) is 0 Å². The molecule has 0 spiro atoms. The first-order valence-electron chi connectivity index (χ1n) is 11.0. The molecule has 0 radical (unpaired) electrons. The van der Waals surface area contributed by atoms with Gasteiger partial charge in [-0.2, -0.15) is 0 Å². The summed E-state index contributed by atoms with van der Waals surface area (Å²) in [5, 5.41) is 1.46. The van der Waals surface area contributed by atoms with E-state index in [2.05, 4.69) is 38.1 Å². The maximum Gasteiger partial charge on any atom is 0.267 e. The molecular formula is C27H26N2O2S2. The summed E-state index contributed by atoms with van der Waals surface area (Å²) in [5.74, 6) is 0.722. The van der Waals surface area contributed by atoms with Gasteiger partial charge < -0.3 is 4.74 Å². The Bertz CT molecular complexity index is 1400. The number of thioether (sulfide) groups is 1. The summed E-state index contributed by atoms with van der Waals surface area (Å²) in [6, 6.07) is 18.3. The van der Waals surface area contributed by atoms with Gasteiger partial charge in [-0.15, -0.1) is 11.3 Å². The maximum atomic E-state index is 13.9. The fraction of sp³-hybridized carbons (Fsp3) is 0.259. The smallest absolute Gasteiger partial charge is 0.267 e. The molecule has 1 aliphatic heterocycles. The van der Waals surface area contributed by atoms with Crippen molar-refractivity contribution in [1.29, 1.82) is 0 Å². The van der Waals surface area contributed by atoms with Gasteiger partial charge in [0.2, 0.25) is 0 Å². The van der Waals surface area contributed by atoms with Crippen LogP contribution in [-0.4, -0.2) is 20.9 Å². The highest BCUT2D eigenvalue weighted by molar-refractivity contribution is 7.99. The van der Waals surface area contributed by atoms with Crippen LogP contribution in [0.1, 0.15) is 35.4 Å². The lowest BCUT2D eigenvalue weighted by atomic mass is 9.94. The van der Waals surface area contributed by atoms with Crippen LogP contribution in [0.15, 0.2) is 70.6 Å². The summed E-state index contributed by atoms with van der Waals surface area (Å²) in [5.41, 5.74) is 3.96. The van der Waals surface area contributed by atoms with Crippen molar-refractivity contribution >= 4 is 39.4 Å². The van der Waals surface area contributed by atoms with Crippen molar-refractivity contribution in [1.82, 2.24) is 9.55 Å². The zero-order valence-electron chi connectivity index (χ0n) is 19.0. The van der Waals surface area contributed by atoms with Gasteiger partial charge in [-0.1, -0.05) is 66.4 Å². The van der Waals surface area contributed by atoms with Crippen LogP contribution in [0.25, 0.3) is 22.0 Å². The van der Waals surface area contributed by atoms with Crippen LogP contribution in [0.2, 0.25) is 0 Å². The molecule has 4 nitrogen and oxygen atoms in total. The van der Waals surface area contributed by atoms with E-state index in [0.717, 1.165) is 54.8 Å². The standard InChI is InChI=1S/C27H26N2O2S2/c1-18-9-7-13-20(15-18)29-25(30)23-21-16-27(2,3)31-17-22(21)33-24(23)28-26(29)32-14-8-12-19-10-5-4-6-11-19/h4-13,15H,14,16-17H2,1-3H3/b12-8+. The van der Waals surface area contributed by atoms with E-state index in [9.17, 15) is 4.79 Å². The van der Waals surface area contributed by atoms with Gasteiger partial charge in [0.25, 0.3) is 5.56 Å². The summed E-state index contributed by atoms with van der Waals surface area (Å²) in [4.78, 5) is 20.8. The maximum absolute atomic E-state index is 13.9. The molecule has 168 valence electrons. The summed E-state index contributed by atoms with van der Waals surface area (Å²) in [7, 11) is 0. The van der Waals surface area contributed by atoms with Crippen molar-refractivity contribution in [3.05, 3.63) is 92.6 Å². The van der Waals surface area contributed by atoms with E-state index in [4.69, 9.17) is 9.72 Å². The molecule has 6 heteroatoms. The van der Waals surface area contributed by atoms with Crippen molar-refractivity contribution in [2.45, 2.75) is 44.6 Å². The first-order valence-corrected chi connectivity index (χ1v) is 12.8. The molecule has 33 heavy (non-hydrogen) atoms. The summed E-state index contributed by atoms with van der Waals surface area (Å²) < 4.78 is 7.79. The highest BCUT2D eigenvalue weighted by Gasteiger charge is 2.31. The quantitative estimate of drug-likeness (QED) is 0.248. The molecule has 5 rings (SSSR count). The average Bonchev–Trinajstić information content (AvgIpc) is 3.14. The van der Waals surface area contributed by atoms with Gasteiger partial charge in [-0.25, -0.2) is 4.98 Å². The van der Waals surface area contributed by atoms with Crippen molar-refractivity contribution in [2.24, 2.45) is 0 Å². The monoisotopic (exact) mass is 474 g/mol. The summed E-state index contributed by atoms with van der Waals surface area (Å²) in [6.45, 7) is 6.74. The average molecular weight is 475 g/mol. The van der Waals surface area contributed by atoms with Crippen molar-refractivity contribution in [2.75, 3.05) is 5.75 Å². The molecule has 0 N–H and O–H groups in total. The van der Waals surface area contributed by atoms with Crippen LogP contribution in [0.5, 0.6) is 0 Å². The Balaban J connectivity index is 1.59. The number of rotatable bonds is 5. The number of thiophene rings is 1. The van der Waals surface area contributed by atoms with E-state index in [1.807, 2.05) is 49.4 Å². The number of benzene rings is 2. The number of fused-ring (bicyclic) bond motifs is 3. The third-order valence-corrected chi connectivity index (χ3v) is 7.74. The fourth-order valence-corrected chi connectivity index (χ4v) is 6.10. The van der Waals surface area contributed by atoms with E-state index >= 15 is 0 Å². The zero-order valence-corrected chi connectivity index (χ0v) is 20.6. The molecule has 0 unspecified atom stereocenters. The third-order valence-electron chi connectivity index (χ3n) is 5.75. The van der Waals surface area contributed by atoms with E-state index in [0.29, 0.717) is 6.61 Å². The highest BCUT2D eigenvalue weighted by atomic mass is 32.2. The van der Waals surface area contributed by atoms with Gasteiger partial charge in [-0.3, -0.25) is 9.36 Å². The number of ether oxygens (including phenoxy) is 1. The number of nitrogens with zero attached hydrogens (tertiary/aromatic N) is 2. The number of hydrogen-bond acceptors (Lipinski definition) is 5. The van der Waals surface area contributed by atoms with Crippen LogP contribution in [0.4, 0.5) is 0 Å². The first kappa shape index (κ1) is 22.1. The number of hydrogen-bond donors (Lipinski definition) is 0. The molecule has 0 aliphatic carbocycles. The SMILES string of the molecule is Cc1cccc(-n2c(SC/C=C/c3ccccc3)nc3sc4c(c3c2=O)CC(C)(C)OC4)c1. The molecule has 1 aliphatic rings. The number of aryl methyl sites for hydroxylation is 1. The first-order chi connectivity index (χ1) is 15.9. The Morgan fingerprint density at radius 1 is 1.18 bits per heavy atom. The lowest BCUT2D eigenvalue weighted by molar-refractivity contribution is -0.0379. The molecule has 0 amide bonds. The van der Waals surface area contributed by atoms with E-state index in [-0.39, 0.29) is 11.2 Å². The molecule has 0 saturated heterocycles. The molecule has 2 aromatic heterocycles. The molecule has 0 fully saturated rings. The Morgan fingerprint density at radius 3 is 2.79 bits per heavy atom. The van der Waals surface area contributed by atoms with Crippen molar-refractivity contribution in [3.63, 3.8) is 0 Å². The van der Waals surface area contributed by atoms with Gasteiger partial charge in [0.05, 0.1) is 23.3 Å². The van der Waals surface area contributed by atoms with Crippen molar-refractivity contribution in [3.8, 4) is 5.69 Å². The second kappa shape index (κ2) is 8.93. The van der Waals surface area contributed by atoms with Crippen LogP contribution in [0, 0.1) is 6.92 Å². The Kier molecular flexibility index (Phi) is 5.99. The third kappa shape index (κ3) is 4.56. The van der Waals surface area contributed by atoms with Crippen LogP contribution >= 0.6 is 23.1 Å². The molecule has 2 aromatic carbocycles. The second-order valence-corrected chi connectivity index (χ2v) is 11.0. The van der Waals surface area contributed by atoms with Crippen LogP contribution in [-0.2, 0) is 17.8 Å². The minimum atomic E-state index is -0.280.